The van der Waals surface area contributed by atoms with Crippen molar-refractivity contribution < 1.29 is 9.36 Å². The molecular formula is C20H24N5O2+. The van der Waals surface area contributed by atoms with Crippen LogP contribution in [-0.2, 0) is 6.54 Å². The predicted octanol–water partition coefficient (Wildman–Crippen LogP) is 1.80. The number of rotatable bonds is 4. The van der Waals surface area contributed by atoms with Crippen molar-refractivity contribution >= 4 is 28.4 Å². The number of nitrogen functional groups attached to an aromatic ring is 1. The van der Waals surface area contributed by atoms with E-state index in [1.165, 1.54) is 4.40 Å². The topological polar surface area (TPSA) is 93.4 Å². The van der Waals surface area contributed by atoms with Crippen LogP contribution < -0.4 is 21.2 Å². The number of pyridine rings is 2. The second-order valence-corrected chi connectivity index (χ2v) is 7.13. The third-order valence-corrected chi connectivity index (χ3v) is 5.24. The van der Waals surface area contributed by atoms with Crippen molar-refractivity contribution in [3.63, 3.8) is 0 Å². The maximum absolute atomic E-state index is 13.0. The number of fused-ring (bicyclic) bond motifs is 2. The highest BCUT2D eigenvalue weighted by Gasteiger charge is 2.26. The summed E-state index contributed by atoms with van der Waals surface area (Å²) in [5, 5.41) is 3.47. The van der Waals surface area contributed by atoms with E-state index >= 15 is 0 Å². The lowest BCUT2D eigenvalue weighted by Gasteiger charge is -2.14. The predicted molar refractivity (Wildman–Crippen MR) is 104 cm³/mol. The van der Waals surface area contributed by atoms with Crippen molar-refractivity contribution in [1.82, 2.24) is 14.7 Å². The van der Waals surface area contributed by atoms with Gasteiger partial charge in [-0.3, -0.25) is 14.0 Å². The monoisotopic (exact) mass is 366 g/mol. The standard InChI is InChI=1S/C20H23N5O2/c1-2-10-25-17(21)14(19(26)22-13-7-3-4-8-13)12-15-18(25)23-16-9-5-6-11-24(16)20(15)27/h5-6,9,11-13,21H,2-4,7-8,10H2,1H3,(H,22,26)/p+1. The van der Waals surface area contributed by atoms with Gasteiger partial charge in [0.1, 0.15) is 10.9 Å². The zero-order valence-electron chi connectivity index (χ0n) is 15.4. The summed E-state index contributed by atoms with van der Waals surface area (Å²) >= 11 is 0. The molecule has 1 fully saturated rings. The molecule has 1 aliphatic rings. The van der Waals surface area contributed by atoms with Crippen LogP contribution in [0.2, 0.25) is 0 Å². The summed E-state index contributed by atoms with van der Waals surface area (Å²) in [6.07, 6.45) is 6.74. The number of amides is 1. The number of aromatic nitrogens is 3. The van der Waals surface area contributed by atoms with Gasteiger partial charge in [0.25, 0.3) is 17.1 Å². The van der Waals surface area contributed by atoms with E-state index in [1.807, 2.05) is 13.0 Å². The first-order chi connectivity index (χ1) is 13.1. The van der Waals surface area contributed by atoms with E-state index in [0.717, 1.165) is 32.1 Å². The molecule has 1 saturated carbocycles. The molecule has 4 rings (SSSR count). The van der Waals surface area contributed by atoms with Gasteiger partial charge in [-0.15, -0.1) is 0 Å². The minimum Gasteiger partial charge on any atom is -0.349 e. The molecule has 3 N–H and O–H groups in total. The van der Waals surface area contributed by atoms with Crippen molar-refractivity contribution in [2.24, 2.45) is 0 Å². The molecule has 0 spiro atoms. The van der Waals surface area contributed by atoms with Gasteiger partial charge in [0.15, 0.2) is 0 Å². The van der Waals surface area contributed by atoms with Crippen LogP contribution in [-0.4, -0.2) is 21.3 Å². The number of carbonyl (C=O) groups is 1. The molecule has 0 bridgehead atoms. The van der Waals surface area contributed by atoms with Gasteiger partial charge in [0, 0.05) is 12.2 Å². The maximum Gasteiger partial charge on any atom is 0.278 e. The Morgan fingerprint density at radius 1 is 1.37 bits per heavy atom. The minimum atomic E-state index is -0.219. The maximum atomic E-state index is 13.0. The zero-order valence-corrected chi connectivity index (χ0v) is 15.4. The lowest BCUT2D eigenvalue weighted by molar-refractivity contribution is -0.658. The Balaban J connectivity index is 1.93. The second-order valence-electron chi connectivity index (χ2n) is 7.13. The van der Waals surface area contributed by atoms with E-state index in [-0.39, 0.29) is 17.5 Å². The van der Waals surface area contributed by atoms with Gasteiger partial charge in [-0.25, -0.2) is 4.57 Å². The number of nitrogens with one attached hydrogen (secondary N) is 1. The fraction of sp³-hybridized carbons (Fsp3) is 0.400. The zero-order chi connectivity index (χ0) is 19.0. The molecule has 140 valence electrons. The average Bonchev–Trinajstić information content (AvgIpc) is 3.17. The Morgan fingerprint density at radius 2 is 2.15 bits per heavy atom. The molecule has 0 saturated heterocycles. The van der Waals surface area contributed by atoms with E-state index in [0.29, 0.717) is 34.6 Å². The van der Waals surface area contributed by atoms with Gasteiger partial charge in [-0.1, -0.05) is 30.8 Å². The van der Waals surface area contributed by atoms with E-state index in [4.69, 9.17) is 5.73 Å². The molecule has 0 aliphatic heterocycles. The van der Waals surface area contributed by atoms with Crippen LogP contribution in [0.25, 0.3) is 16.7 Å². The van der Waals surface area contributed by atoms with E-state index < -0.39 is 0 Å². The van der Waals surface area contributed by atoms with Gasteiger partial charge < -0.3 is 11.1 Å². The third kappa shape index (κ3) is 3.03. The number of hydrogen-bond donors (Lipinski definition) is 2. The molecular weight excluding hydrogens is 342 g/mol. The van der Waals surface area contributed by atoms with Crippen LogP contribution in [0.1, 0.15) is 49.4 Å². The number of aryl methyl sites for hydroxylation is 1. The number of hydrogen-bond acceptors (Lipinski definition) is 4. The van der Waals surface area contributed by atoms with Crippen molar-refractivity contribution in [3.8, 4) is 0 Å². The second kappa shape index (κ2) is 6.98. The Morgan fingerprint density at radius 3 is 2.89 bits per heavy atom. The Kier molecular flexibility index (Phi) is 4.51. The number of anilines is 1. The van der Waals surface area contributed by atoms with Crippen LogP contribution in [0, 0.1) is 0 Å². The van der Waals surface area contributed by atoms with Gasteiger partial charge in [0.2, 0.25) is 11.5 Å². The molecule has 0 radical (unpaired) electrons. The molecule has 1 aliphatic carbocycles. The normalized spacial score (nSPS) is 14.9. The fourth-order valence-corrected chi connectivity index (χ4v) is 3.87. The number of carbonyl (C=O) groups excluding carboxylic acids is 1. The van der Waals surface area contributed by atoms with Crippen LogP contribution >= 0.6 is 0 Å². The molecule has 1 amide bonds. The summed E-state index contributed by atoms with van der Waals surface area (Å²) in [6.45, 7) is 2.61. The lowest BCUT2D eigenvalue weighted by atomic mass is 10.1. The van der Waals surface area contributed by atoms with Gasteiger partial charge in [0.05, 0.1) is 6.54 Å². The Hall–Kier alpha value is -2.96. The van der Waals surface area contributed by atoms with Crippen molar-refractivity contribution in [1.29, 1.82) is 0 Å². The molecule has 3 heterocycles. The summed E-state index contributed by atoms with van der Waals surface area (Å²) in [4.78, 5) is 30.5. The van der Waals surface area contributed by atoms with Crippen molar-refractivity contribution in [3.05, 3.63) is 46.4 Å². The highest BCUT2D eigenvalue weighted by Crippen LogP contribution is 2.20. The minimum absolute atomic E-state index is 0.183. The Labute approximate surface area is 156 Å². The Bertz CT molecular complexity index is 1080. The van der Waals surface area contributed by atoms with E-state index in [2.05, 4.69) is 10.3 Å². The summed E-state index contributed by atoms with van der Waals surface area (Å²) in [5.41, 5.74) is 7.58. The van der Waals surface area contributed by atoms with Crippen molar-refractivity contribution in [2.45, 2.75) is 51.6 Å². The van der Waals surface area contributed by atoms with E-state index in [1.54, 1.807) is 29.0 Å². The largest absolute Gasteiger partial charge is 0.349 e. The van der Waals surface area contributed by atoms with Crippen LogP contribution in [0.3, 0.4) is 0 Å². The first-order valence-corrected chi connectivity index (χ1v) is 9.54. The van der Waals surface area contributed by atoms with Crippen molar-refractivity contribution in [2.75, 3.05) is 5.73 Å². The quantitative estimate of drug-likeness (QED) is 0.544. The molecule has 27 heavy (non-hydrogen) atoms. The van der Waals surface area contributed by atoms with E-state index in [9.17, 15) is 9.59 Å². The summed E-state index contributed by atoms with van der Waals surface area (Å²) in [6, 6.07) is 7.18. The molecule has 3 aromatic heterocycles. The molecule has 0 unspecified atom stereocenters. The first kappa shape index (κ1) is 17.5. The van der Waals surface area contributed by atoms with Crippen LogP contribution in [0.5, 0.6) is 0 Å². The summed E-state index contributed by atoms with van der Waals surface area (Å²) < 4.78 is 3.28. The highest BCUT2D eigenvalue weighted by molar-refractivity contribution is 6.00. The molecule has 7 nitrogen and oxygen atoms in total. The summed E-state index contributed by atoms with van der Waals surface area (Å²) in [5.74, 6) is 0.135. The molecule has 0 aromatic carbocycles. The van der Waals surface area contributed by atoms with Crippen LogP contribution in [0.4, 0.5) is 5.82 Å². The van der Waals surface area contributed by atoms with Gasteiger partial charge >= 0.3 is 0 Å². The van der Waals surface area contributed by atoms with Gasteiger partial charge in [-0.05, 0) is 37.5 Å². The fourth-order valence-electron chi connectivity index (χ4n) is 3.87. The smallest absolute Gasteiger partial charge is 0.278 e. The highest BCUT2D eigenvalue weighted by atomic mass is 16.2. The van der Waals surface area contributed by atoms with Crippen LogP contribution in [0.15, 0.2) is 35.3 Å². The lowest BCUT2D eigenvalue weighted by Crippen LogP contribution is -2.43. The summed E-state index contributed by atoms with van der Waals surface area (Å²) in [7, 11) is 0. The molecule has 3 aromatic rings. The third-order valence-electron chi connectivity index (χ3n) is 5.24. The average molecular weight is 366 g/mol. The van der Waals surface area contributed by atoms with Gasteiger partial charge in [-0.2, -0.15) is 0 Å². The first-order valence-electron chi connectivity index (χ1n) is 9.54. The molecule has 7 heteroatoms. The molecule has 0 atom stereocenters. The number of nitrogens with zero attached hydrogens (tertiary/aromatic N) is 3. The number of nitrogens with two attached hydrogens (primary N) is 1. The SMILES string of the molecule is CCC[n+]1c(N)c(C(=O)NC2CCCC2)cc2c(=O)n3ccccc3nc21.